The Hall–Kier alpha value is -0.870. The average molecular weight is 242 g/mol. The normalized spacial score (nSPS) is 25.8. The summed E-state index contributed by atoms with van der Waals surface area (Å²) in [5.74, 6) is 1.48. The number of hydrogen-bond acceptors (Lipinski definition) is 4. The third-order valence-electron chi connectivity index (χ3n) is 3.14. The quantitative estimate of drug-likeness (QED) is 0.743. The first kappa shape index (κ1) is 11.6. The van der Waals surface area contributed by atoms with E-state index < -0.39 is 0 Å². The lowest BCUT2D eigenvalue weighted by Gasteiger charge is -2.36. The summed E-state index contributed by atoms with van der Waals surface area (Å²) in [5.41, 5.74) is 0. The van der Waals surface area contributed by atoms with Gasteiger partial charge in [0.05, 0.1) is 6.10 Å². The molecule has 1 fully saturated rings. The molecular weight excluding hydrogens is 226 g/mol. The maximum absolute atomic E-state index is 5.85. The average Bonchev–Trinajstić information content (AvgIpc) is 2.29. The van der Waals surface area contributed by atoms with Gasteiger partial charge in [-0.15, -0.1) is 0 Å². The minimum Gasteiger partial charge on any atom is -0.379 e. The van der Waals surface area contributed by atoms with Crippen LogP contribution in [-0.4, -0.2) is 36.3 Å². The summed E-state index contributed by atoms with van der Waals surface area (Å²) in [6.07, 6.45) is 2.87. The Labute approximate surface area is 101 Å². The highest BCUT2D eigenvalue weighted by Crippen LogP contribution is 2.24. The number of nitrogens with zero attached hydrogens (tertiary/aromatic N) is 3. The van der Waals surface area contributed by atoms with Crippen molar-refractivity contribution in [2.45, 2.75) is 19.4 Å². The molecule has 0 amide bonds. The van der Waals surface area contributed by atoms with Crippen molar-refractivity contribution in [3.8, 4) is 0 Å². The Morgan fingerprint density at radius 3 is 3.00 bits per heavy atom. The second-order valence-electron chi connectivity index (χ2n) is 4.19. The Kier molecular flexibility index (Phi) is 3.61. The molecule has 0 N–H and O–H groups in total. The van der Waals surface area contributed by atoms with E-state index in [2.05, 4.69) is 21.8 Å². The lowest BCUT2D eigenvalue weighted by molar-refractivity contribution is 0.0496. The van der Waals surface area contributed by atoms with Crippen LogP contribution in [0.3, 0.4) is 0 Å². The van der Waals surface area contributed by atoms with E-state index in [9.17, 15) is 0 Å². The number of anilines is 1. The fourth-order valence-corrected chi connectivity index (χ4v) is 2.19. The molecule has 0 aliphatic carbocycles. The van der Waals surface area contributed by atoms with Crippen LogP contribution in [0.4, 0.5) is 5.82 Å². The fourth-order valence-electron chi connectivity index (χ4n) is 2.05. The fraction of sp³-hybridized carbons (Fsp3) is 0.636. The molecule has 4 nitrogen and oxygen atoms in total. The maximum atomic E-state index is 5.85. The molecule has 1 aliphatic rings. The van der Waals surface area contributed by atoms with Crippen LogP contribution in [-0.2, 0) is 4.74 Å². The van der Waals surface area contributed by atoms with Crippen molar-refractivity contribution in [2.24, 2.45) is 5.92 Å². The van der Waals surface area contributed by atoms with Crippen LogP contribution in [0.15, 0.2) is 12.4 Å². The third-order valence-corrected chi connectivity index (χ3v) is 3.34. The first-order valence-corrected chi connectivity index (χ1v) is 5.84. The maximum Gasteiger partial charge on any atom is 0.134 e. The third kappa shape index (κ3) is 2.44. The molecule has 2 atom stereocenters. The summed E-state index contributed by atoms with van der Waals surface area (Å²) in [6, 6.07) is 1.80. The van der Waals surface area contributed by atoms with E-state index in [0.717, 1.165) is 25.3 Å². The molecule has 1 aliphatic heterocycles. The summed E-state index contributed by atoms with van der Waals surface area (Å²) in [4.78, 5) is 10.3. The van der Waals surface area contributed by atoms with Gasteiger partial charge in [0.25, 0.3) is 0 Å². The van der Waals surface area contributed by atoms with Crippen molar-refractivity contribution in [3.05, 3.63) is 17.5 Å². The highest BCUT2D eigenvalue weighted by Gasteiger charge is 2.26. The van der Waals surface area contributed by atoms with Crippen molar-refractivity contribution in [1.29, 1.82) is 0 Å². The van der Waals surface area contributed by atoms with Gasteiger partial charge in [-0.25, -0.2) is 9.97 Å². The molecule has 88 valence electrons. The summed E-state index contributed by atoms with van der Waals surface area (Å²) in [7, 11) is 1.76. The summed E-state index contributed by atoms with van der Waals surface area (Å²) in [6.45, 7) is 4.08. The molecule has 2 unspecified atom stereocenters. The zero-order valence-electron chi connectivity index (χ0n) is 9.56. The van der Waals surface area contributed by atoms with Crippen molar-refractivity contribution >= 4 is 17.4 Å². The number of hydrogen-bond donors (Lipinski definition) is 0. The first-order chi connectivity index (χ1) is 7.70. The Balaban J connectivity index is 2.11. The second-order valence-corrected chi connectivity index (χ2v) is 4.57. The van der Waals surface area contributed by atoms with E-state index >= 15 is 0 Å². The van der Waals surface area contributed by atoms with Gasteiger partial charge in [-0.3, -0.25) is 0 Å². The van der Waals surface area contributed by atoms with Gasteiger partial charge in [0.2, 0.25) is 0 Å². The molecule has 5 heteroatoms. The van der Waals surface area contributed by atoms with Gasteiger partial charge in [0.1, 0.15) is 17.3 Å². The highest BCUT2D eigenvalue weighted by atomic mass is 35.5. The Morgan fingerprint density at radius 1 is 1.50 bits per heavy atom. The van der Waals surface area contributed by atoms with Crippen molar-refractivity contribution in [2.75, 3.05) is 25.1 Å². The monoisotopic (exact) mass is 241 g/mol. The van der Waals surface area contributed by atoms with Crippen LogP contribution in [0, 0.1) is 5.92 Å². The molecule has 0 saturated carbocycles. The molecular formula is C11H16ClN3O. The van der Waals surface area contributed by atoms with E-state index in [1.54, 1.807) is 13.2 Å². The Bertz CT molecular complexity index is 361. The summed E-state index contributed by atoms with van der Waals surface area (Å²) < 4.78 is 5.47. The number of rotatable bonds is 2. The number of piperidine rings is 1. The molecule has 0 radical (unpaired) electrons. The predicted octanol–water partition coefficient (Wildman–Crippen LogP) is 1.99. The lowest BCUT2D eigenvalue weighted by atomic mass is 9.96. The van der Waals surface area contributed by atoms with Crippen LogP contribution in [0.1, 0.15) is 13.3 Å². The van der Waals surface area contributed by atoms with E-state index in [-0.39, 0.29) is 6.10 Å². The molecule has 0 spiro atoms. The molecule has 2 rings (SSSR count). The zero-order valence-corrected chi connectivity index (χ0v) is 10.3. The standard InChI is InChI=1S/C11H16ClN3O/c1-8-3-4-15(6-9(8)16-2)11-5-10(12)13-7-14-11/h5,7-9H,3-4,6H2,1-2H3. The van der Waals surface area contributed by atoms with Crippen LogP contribution >= 0.6 is 11.6 Å². The number of halogens is 1. The van der Waals surface area contributed by atoms with Crippen molar-refractivity contribution < 1.29 is 4.74 Å². The van der Waals surface area contributed by atoms with E-state index in [0.29, 0.717) is 11.1 Å². The lowest BCUT2D eigenvalue weighted by Crippen LogP contribution is -2.44. The number of methoxy groups -OCH3 is 1. The molecule has 1 aromatic heterocycles. The van der Waals surface area contributed by atoms with Crippen LogP contribution in [0.25, 0.3) is 0 Å². The van der Waals surface area contributed by atoms with Gasteiger partial charge in [-0.05, 0) is 12.3 Å². The minimum atomic E-state index is 0.266. The smallest absolute Gasteiger partial charge is 0.134 e. The van der Waals surface area contributed by atoms with Gasteiger partial charge in [0.15, 0.2) is 0 Å². The van der Waals surface area contributed by atoms with Crippen LogP contribution in [0.5, 0.6) is 0 Å². The van der Waals surface area contributed by atoms with Gasteiger partial charge in [-0.1, -0.05) is 18.5 Å². The number of ether oxygens (including phenoxy) is 1. The highest BCUT2D eigenvalue weighted by molar-refractivity contribution is 6.29. The van der Waals surface area contributed by atoms with Gasteiger partial charge < -0.3 is 9.64 Å². The molecule has 0 aromatic carbocycles. The largest absolute Gasteiger partial charge is 0.379 e. The Morgan fingerprint density at radius 2 is 2.31 bits per heavy atom. The minimum absolute atomic E-state index is 0.266. The van der Waals surface area contributed by atoms with Gasteiger partial charge in [-0.2, -0.15) is 0 Å². The molecule has 2 heterocycles. The SMILES string of the molecule is COC1CN(c2cc(Cl)ncn2)CCC1C. The summed E-state index contributed by atoms with van der Waals surface area (Å²) >= 11 is 5.85. The molecule has 1 aromatic rings. The van der Waals surface area contributed by atoms with Gasteiger partial charge >= 0.3 is 0 Å². The van der Waals surface area contributed by atoms with Gasteiger partial charge in [0, 0.05) is 26.3 Å². The van der Waals surface area contributed by atoms with E-state index in [1.807, 2.05) is 0 Å². The second kappa shape index (κ2) is 4.97. The predicted molar refractivity (Wildman–Crippen MR) is 63.8 cm³/mol. The summed E-state index contributed by atoms with van der Waals surface area (Å²) in [5, 5.41) is 0.484. The molecule has 1 saturated heterocycles. The van der Waals surface area contributed by atoms with E-state index in [1.165, 1.54) is 6.33 Å². The van der Waals surface area contributed by atoms with E-state index in [4.69, 9.17) is 16.3 Å². The zero-order chi connectivity index (χ0) is 11.5. The molecule has 0 bridgehead atoms. The topological polar surface area (TPSA) is 38.2 Å². The van der Waals surface area contributed by atoms with Crippen LogP contribution in [0.2, 0.25) is 5.15 Å². The number of aromatic nitrogens is 2. The first-order valence-electron chi connectivity index (χ1n) is 5.46. The van der Waals surface area contributed by atoms with Crippen molar-refractivity contribution in [1.82, 2.24) is 9.97 Å². The van der Waals surface area contributed by atoms with Crippen molar-refractivity contribution in [3.63, 3.8) is 0 Å². The molecule has 16 heavy (non-hydrogen) atoms. The van der Waals surface area contributed by atoms with Crippen LogP contribution < -0.4 is 4.90 Å².